The van der Waals surface area contributed by atoms with Crippen molar-refractivity contribution < 1.29 is 0 Å². The minimum absolute atomic E-state index is 0.832. The lowest BCUT2D eigenvalue weighted by molar-refractivity contribution is 1.08. The Hall–Kier alpha value is -5.35. The molecular weight excluding hydrogens is 476 g/mol. The maximum absolute atomic E-state index is 5.18. The van der Waals surface area contributed by atoms with Crippen LogP contribution in [0.2, 0.25) is 0 Å². The van der Waals surface area contributed by atoms with Crippen molar-refractivity contribution >= 4 is 43.4 Å². The molecule has 0 saturated heterocycles. The molecule has 8 aromatic rings. The maximum Gasteiger partial charge on any atom is 0.138 e. The number of para-hydroxylation sites is 1. The summed E-state index contributed by atoms with van der Waals surface area (Å²) in [6.45, 7) is 0. The highest BCUT2D eigenvalue weighted by molar-refractivity contribution is 6.12. The first-order chi connectivity index (χ1) is 19.3. The van der Waals surface area contributed by atoms with Gasteiger partial charge in [-0.15, -0.1) is 0 Å². The van der Waals surface area contributed by atoms with E-state index in [1.54, 1.807) is 0 Å². The summed E-state index contributed by atoms with van der Waals surface area (Å²) < 4.78 is 2.21. The van der Waals surface area contributed by atoms with Gasteiger partial charge in [0.1, 0.15) is 5.82 Å². The molecule has 39 heavy (non-hydrogen) atoms. The largest absolute Gasteiger partial charge is 0.294 e. The van der Waals surface area contributed by atoms with Gasteiger partial charge in [0.25, 0.3) is 0 Å². The van der Waals surface area contributed by atoms with E-state index in [-0.39, 0.29) is 0 Å². The smallest absolute Gasteiger partial charge is 0.138 e. The summed E-state index contributed by atoms with van der Waals surface area (Å²) in [6, 6.07) is 42.1. The van der Waals surface area contributed by atoms with E-state index >= 15 is 0 Å². The second kappa shape index (κ2) is 8.61. The van der Waals surface area contributed by atoms with Crippen molar-refractivity contribution in [1.29, 1.82) is 0 Å². The Morgan fingerprint density at radius 2 is 1.08 bits per heavy atom. The van der Waals surface area contributed by atoms with Gasteiger partial charge >= 0.3 is 0 Å². The lowest BCUT2D eigenvalue weighted by atomic mass is 9.94. The van der Waals surface area contributed by atoms with Crippen molar-refractivity contribution in [2.24, 2.45) is 0 Å². The summed E-state index contributed by atoms with van der Waals surface area (Å²) in [5, 5.41) is 7.08. The Bertz CT molecular complexity index is 2080. The van der Waals surface area contributed by atoms with Gasteiger partial charge in [0, 0.05) is 28.7 Å². The fourth-order valence-corrected chi connectivity index (χ4v) is 5.76. The van der Waals surface area contributed by atoms with Gasteiger partial charge in [-0.3, -0.25) is 9.55 Å². The molecule has 0 spiro atoms. The second-order valence-corrected chi connectivity index (χ2v) is 9.73. The highest BCUT2D eigenvalue weighted by Crippen LogP contribution is 2.36. The van der Waals surface area contributed by atoms with E-state index in [1.165, 1.54) is 21.5 Å². The second-order valence-electron chi connectivity index (χ2n) is 9.73. The maximum atomic E-state index is 5.18. The van der Waals surface area contributed by atoms with E-state index in [2.05, 4.69) is 113 Å². The number of pyridine rings is 3. The molecule has 182 valence electrons. The Morgan fingerprint density at radius 1 is 0.462 bits per heavy atom. The molecule has 0 aliphatic rings. The van der Waals surface area contributed by atoms with E-state index in [1.807, 2.05) is 30.6 Å². The van der Waals surface area contributed by atoms with E-state index in [9.17, 15) is 0 Å². The number of nitrogens with zero attached hydrogens (tertiary/aromatic N) is 4. The van der Waals surface area contributed by atoms with Gasteiger partial charge in [-0.2, -0.15) is 0 Å². The number of hydrogen-bond acceptors (Lipinski definition) is 3. The van der Waals surface area contributed by atoms with E-state index in [0.29, 0.717) is 0 Å². The first-order valence-electron chi connectivity index (χ1n) is 13.0. The summed E-state index contributed by atoms with van der Waals surface area (Å²) >= 11 is 0. The SMILES string of the molecule is c1cc(-c2cccc(-n3c4ccccc4c4cnccc43)n2)nc(-c2c3ccccc3cc3ccccc23)c1. The van der Waals surface area contributed by atoms with Crippen LogP contribution in [0.1, 0.15) is 0 Å². The average Bonchev–Trinajstić information content (AvgIpc) is 3.34. The van der Waals surface area contributed by atoms with Crippen LogP contribution in [0.4, 0.5) is 0 Å². The third kappa shape index (κ3) is 3.42. The lowest BCUT2D eigenvalue weighted by Gasteiger charge is -2.13. The summed E-state index contributed by atoms with van der Waals surface area (Å²) in [7, 11) is 0. The summed E-state index contributed by atoms with van der Waals surface area (Å²) in [4.78, 5) is 14.7. The highest BCUT2D eigenvalue weighted by Gasteiger charge is 2.15. The molecule has 4 nitrogen and oxygen atoms in total. The van der Waals surface area contributed by atoms with Crippen molar-refractivity contribution in [3.05, 3.63) is 134 Å². The fraction of sp³-hybridized carbons (Fsp3) is 0. The van der Waals surface area contributed by atoms with Gasteiger partial charge in [-0.1, -0.05) is 78.9 Å². The van der Waals surface area contributed by atoms with Gasteiger partial charge < -0.3 is 0 Å². The summed E-state index contributed by atoms with van der Waals surface area (Å²) in [5.41, 5.74) is 5.95. The minimum Gasteiger partial charge on any atom is -0.294 e. The molecule has 8 rings (SSSR count). The molecule has 0 saturated carbocycles. The zero-order valence-electron chi connectivity index (χ0n) is 21.0. The fourth-order valence-electron chi connectivity index (χ4n) is 5.76. The number of benzene rings is 4. The van der Waals surface area contributed by atoms with Crippen LogP contribution in [0.3, 0.4) is 0 Å². The Balaban J connectivity index is 1.33. The zero-order valence-corrected chi connectivity index (χ0v) is 21.0. The highest BCUT2D eigenvalue weighted by atomic mass is 15.1. The molecule has 0 N–H and O–H groups in total. The van der Waals surface area contributed by atoms with Crippen LogP contribution in [0.15, 0.2) is 134 Å². The molecule has 4 heteroatoms. The predicted octanol–water partition coefficient (Wildman–Crippen LogP) is 8.61. The molecule has 4 heterocycles. The molecule has 0 unspecified atom stereocenters. The van der Waals surface area contributed by atoms with Gasteiger partial charge in [0.2, 0.25) is 0 Å². The number of aromatic nitrogens is 4. The third-order valence-electron chi connectivity index (χ3n) is 7.48. The van der Waals surface area contributed by atoms with Gasteiger partial charge in [0.15, 0.2) is 0 Å². The van der Waals surface area contributed by atoms with Crippen molar-refractivity contribution in [2.45, 2.75) is 0 Å². The van der Waals surface area contributed by atoms with Crippen LogP contribution in [0.5, 0.6) is 0 Å². The van der Waals surface area contributed by atoms with Gasteiger partial charge in [-0.25, -0.2) is 9.97 Å². The lowest BCUT2D eigenvalue weighted by Crippen LogP contribution is -1.99. The molecular formula is C35H22N4. The van der Waals surface area contributed by atoms with Crippen LogP contribution in [-0.2, 0) is 0 Å². The number of rotatable bonds is 3. The third-order valence-corrected chi connectivity index (χ3v) is 7.48. The molecule has 0 aliphatic carbocycles. The van der Waals surface area contributed by atoms with E-state index < -0.39 is 0 Å². The van der Waals surface area contributed by atoms with E-state index in [0.717, 1.165) is 50.3 Å². The van der Waals surface area contributed by atoms with Crippen molar-refractivity contribution in [1.82, 2.24) is 19.5 Å². The van der Waals surface area contributed by atoms with E-state index in [4.69, 9.17) is 9.97 Å². The molecule has 0 amide bonds. The predicted molar refractivity (Wildman–Crippen MR) is 160 cm³/mol. The molecule has 0 aliphatic heterocycles. The van der Waals surface area contributed by atoms with Crippen LogP contribution >= 0.6 is 0 Å². The minimum atomic E-state index is 0.832. The first kappa shape index (κ1) is 21.7. The van der Waals surface area contributed by atoms with Crippen molar-refractivity contribution in [2.75, 3.05) is 0 Å². The molecule has 4 aromatic carbocycles. The van der Waals surface area contributed by atoms with Crippen LogP contribution in [0.25, 0.3) is 71.8 Å². The molecule has 0 radical (unpaired) electrons. The Morgan fingerprint density at radius 3 is 1.87 bits per heavy atom. The van der Waals surface area contributed by atoms with Crippen molar-refractivity contribution in [3.63, 3.8) is 0 Å². The molecule has 0 bridgehead atoms. The quantitative estimate of drug-likeness (QED) is 0.229. The van der Waals surface area contributed by atoms with Crippen LogP contribution in [0, 0.1) is 0 Å². The summed E-state index contributed by atoms with van der Waals surface area (Å²) in [6.07, 6.45) is 3.76. The Kier molecular flexibility index (Phi) is 4.79. The van der Waals surface area contributed by atoms with Gasteiger partial charge in [-0.05, 0) is 64.0 Å². The molecule has 0 fully saturated rings. The van der Waals surface area contributed by atoms with Crippen LogP contribution < -0.4 is 0 Å². The molecule has 0 atom stereocenters. The van der Waals surface area contributed by atoms with Crippen LogP contribution in [-0.4, -0.2) is 19.5 Å². The monoisotopic (exact) mass is 498 g/mol. The van der Waals surface area contributed by atoms with Crippen molar-refractivity contribution in [3.8, 4) is 28.5 Å². The normalized spacial score (nSPS) is 11.6. The van der Waals surface area contributed by atoms with Gasteiger partial charge in [0.05, 0.1) is 28.1 Å². The first-order valence-corrected chi connectivity index (χ1v) is 13.0. The Labute approximate surface area is 224 Å². The average molecular weight is 499 g/mol. The standard InChI is InChI=1S/C35H22N4/c1-3-11-25-23(9-1)21-24-10-2-4-12-26(24)35(25)31-16-7-14-29(37-31)30-15-8-18-34(38-30)39-32-17-6-5-13-27(32)28-22-36-20-19-33(28)39/h1-22H. The number of fused-ring (bicyclic) bond motifs is 5. The zero-order chi connectivity index (χ0) is 25.8. The topological polar surface area (TPSA) is 43.6 Å². The molecule has 4 aromatic heterocycles. The summed E-state index contributed by atoms with van der Waals surface area (Å²) in [5.74, 6) is 0.854. The number of hydrogen-bond donors (Lipinski definition) is 0.